The Kier molecular flexibility index (Phi) is 3.39. The van der Waals surface area contributed by atoms with E-state index < -0.39 is 0 Å². The monoisotopic (exact) mass is 193 g/mol. The highest BCUT2D eigenvalue weighted by Crippen LogP contribution is 2.32. The summed E-state index contributed by atoms with van der Waals surface area (Å²) in [6.07, 6.45) is 0. The van der Waals surface area contributed by atoms with Gasteiger partial charge < -0.3 is 9.64 Å². The maximum atomic E-state index is 5.39. The second kappa shape index (κ2) is 4.36. The third-order valence-electron chi connectivity index (χ3n) is 2.49. The fourth-order valence-corrected chi connectivity index (χ4v) is 1.72. The van der Waals surface area contributed by atoms with Gasteiger partial charge in [-0.25, -0.2) is 0 Å². The lowest BCUT2D eigenvalue weighted by molar-refractivity contribution is 0.414. The fourth-order valence-electron chi connectivity index (χ4n) is 1.72. The Labute approximate surface area is 86.5 Å². The third kappa shape index (κ3) is 2.00. The molecule has 1 rings (SSSR count). The molecule has 78 valence electrons. The van der Waals surface area contributed by atoms with E-state index in [1.807, 2.05) is 0 Å². The minimum atomic E-state index is 0.965. The molecule has 14 heavy (non-hydrogen) atoms. The van der Waals surface area contributed by atoms with Crippen LogP contribution < -0.4 is 9.64 Å². The van der Waals surface area contributed by atoms with Crippen LogP contribution in [0.15, 0.2) is 12.1 Å². The smallest absolute Gasteiger partial charge is 0.142 e. The highest BCUT2D eigenvalue weighted by atomic mass is 16.5. The van der Waals surface area contributed by atoms with Crippen molar-refractivity contribution < 1.29 is 4.74 Å². The predicted molar refractivity (Wildman–Crippen MR) is 61.4 cm³/mol. The van der Waals surface area contributed by atoms with Crippen molar-refractivity contribution >= 4 is 5.69 Å². The van der Waals surface area contributed by atoms with Gasteiger partial charge in [-0.1, -0.05) is 6.07 Å². The lowest BCUT2D eigenvalue weighted by Gasteiger charge is -2.22. The van der Waals surface area contributed by atoms with Gasteiger partial charge in [0.25, 0.3) is 0 Å². The van der Waals surface area contributed by atoms with Crippen molar-refractivity contribution in [3.05, 3.63) is 23.3 Å². The van der Waals surface area contributed by atoms with Gasteiger partial charge in [0.2, 0.25) is 0 Å². The van der Waals surface area contributed by atoms with Gasteiger partial charge in [-0.2, -0.15) is 0 Å². The van der Waals surface area contributed by atoms with Crippen LogP contribution in [0.3, 0.4) is 0 Å². The SMILES string of the molecule is CCN(C)c1c(C)cc(C)cc1OC. The molecule has 0 amide bonds. The Bertz CT molecular complexity index is 320. The number of aryl methyl sites for hydroxylation is 2. The van der Waals surface area contributed by atoms with E-state index in [1.54, 1.807) is 7.11 Å². The van der Waals surface area contributed by atoms with Crippen molar-refractivity contribution in [3.8, 4) is 5.75 Å². The number of benzene rings is 1. The zero-order valence-electron chi connectivity index (χ0n) is 9.72. The molecule has 0 saturated heterocycles. The van der Waals surface area contributed by atoms with Crippen LogP contribution in [0.1, 0.15) is 18.1 Å². The Morgan fingerprint density at radius 2 is 1.93 bits per heavy atom. The average Bonchev–Trinajstić information content (AvgIpc) is 2.15. The van der Waals surface area contributed by atoms with Crippen LogP contribution in [-0.2, 0) is 0 Å². The van der Waals surface area contributed by atoms with Crippen LogP contribution >= 0.6 is 0 Å². The van der Waals surface area contributed by atoms with E-state index in [1.165, 1.54) is 16.8 Å². The zero-order chi connectivity index (χ0) is 10.7. The predicted octanol–water partition coefficient (Wildman–Crippen LogP) is 2.77. The molecule has 0 fully saturated rings. The number of anilines is 1. The van der Waals surface area contributed by atoms with Crippen molar-refractivity contribution in [2.24, 2.45) is 0 Å². The fraction of sp³-hybridized carbons (Fsp3) is 0.500. The Balaban J connectivity index is 3.24. The average molecular weight is 193 g/mol. The minimum absolute atomic E-state index is 0.965. The van der Waals surface area contributed by atoms with Gasteiger partial charge >= 0.3 is 0 Å². The van der Waals surface area contributed by atoms with Crippen LogP contribution in [0, 0.1) is 13.8 Å². The van der Waals surface area contributed by atoms with E-state index >= 15 is 0 Å². The first-order valence-corrected chi connectivity index (χ1v) is 4.96. The Morgan fingerprint density at radius 3 is 2.43 bits per heavy atom. The number of rotatable bonds is 3. The van der Waals surface area contributed by atoms with Crippen molar-refractivity contribution in [3.63, 3.8) is 0 Å². The summed E-state index contributed by atoms with van der Waals surface area (Å²) in [6.45, 7) is 7.33. The summed E-state index contributed by atoms with van der Waals surface area (Å²) < 4.78 is 5.39. The van der Waals surface area contributed by atoms with Crippen molar-refractivity contribution in [1.29, 1.82) is 0 Å². The van der Waals surface area contributed by atoms with Gasteiger partial charge in [0, 0.05) is 13.6 Å². The van der Waals surface area contributed by atoms with E-state index in [4.69, 9.17) is 4.74 Å². The Morgan fingerprint density at radius 1 is 1.29 bits per heavy atom. The summed E-state index contributed by atoms with van der Waals surface area (Å²) >= 11 is 0. The molecule has 0 aliphatic carbocycles. The minimum Gasteiger partial charge on any atom is -0.495 e. The number of ether oxygens (including phenoxy) is 1. The van der Waals surface area contributed by atoms with Crippen LogP contribution in [0.2, 0.25) is 0 Å². The maximum Gasteiger partial charge on any atom is 0.142 e. The van der Waals surface area contributed by atoms with E-state index in [0.717, 1.165) is 12.3 Å². The lowest BCUT2D eigenvalue weighted by Crippen LogP contribution is -2.18. The maximum absolute atomic E-state index is 5.39. The van der Waals surface area contributed by atoms with Crippen LogP contribution in [0.4, 0.5) is 5.69 Å². The molecule has 0 radical (unpaired) electrons. The molecule has 2 heteroatoms. The standard InChI is InChI=1S/C12H19NO/c1-6-13(4)12-10(3)7-9(2)8-11(12)14-5/h7-8H,6H2,1-5H3. The number of hydrogen-bond donors (Lipinski definition) is 0. The van der Waals surface area contributed by atoms with E-state index in [9.17, 15) is 0 Å². The van der Waals surface area contributed by atoms with Crippen molar-refractivity contribution in [2.45, 2.75) is 20.8 Å². The molecule has 0 unspecified atom stereocenters. The second-order valence-electron chi connectivity index (χ2n) is 3.65. The Hall–Kier alpha value is -1.18. The van der Waals surface area contributed by atoms with Gasteiger partial charge in [0.15, 0.2) is 0 Å². The van der Waals surface area contributed by atoms with E-state index in [2.05, 4.69) is 44.9 Å². The largest absolute Gasteiger partial charge is 0.495 e. The first kappa shape index (κ1) is 10.9. The number of nitrogens with zero attached hydrogens (tertiary/aromatic N) is 1. The van der Waals surface area contributed by atoms with Crippen LogP contribution in [0.5, 0.6) is 5.75 Å². The van der Waals surface area contributed by atoms with Crippen LogP contribution in [-0.4, -0.2) is 20.7 Å². The highest BCUT2D eigenvalue weighted by Gasteiger charge is 2.10. The third-order valence-corrected chi connectivity index (χ3v) is 2.49. The molecule has 1 aromatic rings. The van der Waals surface area contributed by atoms with Crippen molar-refractivity contribution in [1.82, 2.24) is 0 Å². The summed E-state index contributed by atoms with van der Waals surface area (Å²) in [6, 6.07) is 4.26. The molecule has 0 N–H and O–H groups in total. The molecule has 0 aliphatic heterocycles. The van der Waals surface area contributed by atoms with Crippen LogP contribution in [0.25, 0.3) is 0 Å². The summed E-state index contributed by atoms with van der Waals surface area (Å²) in [5, 5.41) is 0. The highest BCUT2D eigenvalue weighted by molar-refractivity contribution is 5.64. The molecular weight excluding hydrogens is 174 g/mol. The van der Waals surface area contributed by atoms with Gasteiger partial charge in [0.05, 0.1) is 12.8 Å². The summed E-state index contributed by atoms with van der Waals surface area (Å²) in [5.41, 5.74) is 3.71. The van der Waals surface area contributed by atoms with Gasteiger partial charge in [0.1, 0.15) is 5.75 Å². The molecule has 0 heterocycles. The van der Waals surface area contributed by atoms with E-state index in [0.29, 0.717) is 0 Å². The number of hydrogen-bond acceptors (Lipinski definition) is 2. The molecule has 0 aromatic heterocycles. The van der Waals surface area contributed by atoms with E-state index in [-0.39, 0.29) is 0 Å². The number of methoxy groups -OCH3 is 1. The topological polar surface area (TPSA) is 12.5 Å². The molecular formula is C12H19NO. The second-order valence-corrected chi connectivity index (χ2v) is 3.65. The van der Waals surface area contributed by atoms with Crippen molar-refractivity contribution in [2.75, 3.05) is 25.6 Å². The quantitative estimate of drug-likeness (QED) is 0.732. The normalized spacial score (nSPS) is 10.1. The van der Waals surface area contributed by atoms with Gasteiger partial charge in [-0.15, -0.1) is 0 Å². The first-order valence-electron chi connectivity index (χ1n) is 4.96. The lowest BCUT2D eigenvalue weighted by atomic mass is 10.1. The molecule has 0 spiro atoms. The first-order chi connectivity index (χ1) is 6.60. The summed E-state index contributed by atoms with van der Waals surface area (Å²) in [4.78, 5) is 2.20. The molecule has 0 saturated carbocycles. The van der Waals surface area contributed by atoms with Gasteiger partial charge in [-0.05, 0) is 38.0 Å². The summed E-state index contributed by atoms with van der Waals surface area (Å²) in [7, 11) is 3.81. The summed E-state index contributed by atoms with van der Waals surface area (Å²) in [5.74, 6) is 0.965. The molecule has 0 aliphatic rings. The zero-order valence-corrected chi connectivity index (χ0v) is 9.72. The van der Waals surface area contributed by atoms with Gasteiger partial charge in [-0.3, -0.25) is 0 Å². The molecule has 0 atom stereocenters. The molecule has 0 bridgehead atoms. The molecule has 2 nitrogen and oxygen atoms in total. The molecule has 1 aromatic carbocycles.